The second-order valence-corrected chi connectivity index (χ2v) is 5.71. The fourth-order valence-electron chi connectivity index (χ4n) is 2.96. The van der Waals surface area contributed by atoms with E-state index in [-0.39, 0.29) is 13.2 Å². The van der Waals surface area contributed by atoms with E-state index < -0.39 is 0 Å². The summed E-state index contributed by atoms with van der Waals surface area (Å²) in [5.41, 5.74) is 3.42. The SMILES string of the molecule is c1ccc(CC2OB(c3ccccc3)Oc3ccccc32)cc1. The molecule has 0 amide bonds. The largest absolute Gasteiger partial charge is 0.563 e. The normalized spacial score (nSPS) is 16.5. The molecule has 0 spiro atoms. The molecule has 1 aliphatic heterocycles. The summed E-state index contributed by atoms with van der Waals surface area (Å²) in [4.78, 5) is 0. The van der Waals surface area contributed by atoms with E-state index in [0.717, 1.165) is 23.2 Å². The molecule has 0 bridgehead atoms. The maximum Gasteiger partial charge on any atom is 0.563 e. The molecule has 3 aromatic rings. The Kier molecular flexibility index (Phi) is 3.87. The van der Waals surface area contributed by atoms with Gasteiger partial charge in [-0.05, 0) is 17.1 Å². The van der Waals surface area contributed by atoms with Gasteiger partial charge < -0.3 is 9.31 Å². The molecule has 0 fully saturated rings. The topological polar surface area (TPSA) is 18.5 Å². The zero-order valence-electron chi connectivity index (χ0n) is 12.8. The van der Waals surface area contributed by atoms with Crippen molar-refractivity contribution in [2.45, 2.75) is 12.5 Å². The second-order valence-electron chi connectivity index (χ2n) is 5.71. The molecule has 1 unspecified atom stereocenters. The van der Waals surface area contributed by atoms with Gasteiger partial charge in [0.15, 0.2) is 0 Å². The van der Waals surface area contributed by atoms with Crippen LogP contribution in [0.3, 0.4) is 0 Å². The fourth-order valence-corrected chi connectivity index (χ4v) is 2.96. The molecule has 3 heteroatoms. The zero-order valence-corrected chi connectivity index (χ0v) is 12.8. The van der Waals surface area contributed by atoms with Crippen LogP contribution < -0.4 is 10.1 Å². The Labute approximate surface area is 136 Å². The van der Waals surface area contributed by atoms with Gasteiger partial charge in [-0.2, -0.15) is 0 Å². The van der Waals surface area contributed by atoms with Crippen LogP contribution in [-0.2, 0) is 11.1 Å². The highest BCUT2D eigenvalue weighted by Gasteiger charge is 2.34. The molecule has 1 heterocycles. The third-order valence-corrected chi connectivity index (χ3v) is 4.12. The Morgan fingerprint density at radius 2 is 1.39 bits per heavy atom. The molecule has 0 saturated carbocycles. The predicted molar refractivity (Wildman–Crippen MR) is 92.9 cm³/mol. The van der Waals surface area contributed by atoms with Gasteiger partial charge in [-0.15, -0.1) is 0 Å². The first-order valence-electron chi connectivity index (χ1n) is 7.90. The minimum absolute atomic E-state index is 0.00689. The summed E-state index contributed by atoms with van der Waals surface area (Å²) in [6.45, 7) is 0. The van der Waals surface area contributed by atoms with Crippen molar-refractivity contribution in [3.8, 4) is 5.75 Å². The van der Waals surface area contributed by atoms with Gasteiger partial charge in [0.1, 0.15) is 5.75 Å². The van der Waals surface area contributed by atoms with E-state index in [9.17, 15) is 0 Å². The highest BCUT2D eigenvalue weighted by Crippen LogP contribution is 2.35. The molecular formula is C20H17BO2. The highest BCUT2D eigenvalue weighted by molar-refractivity contribution is 6.62. The van der Waals surface area contributed by atoms with E-state index in [1.165, 1.54) is 5.56 Å². The quantitative estimate of drug-likeness (QED) is 0.685. The van der Waals surface area contributed by atoms with Crippen molar-refractivity contribution in [1.82, 2.24) is 0 Å². The lowest BCUT2D eigenvalue weighted by atomic mass is 9.76. The molecular weight excluding hydrogens is 283 g/mol. The Balaban J connectivity index is 1.67. The molecule has 0 aromatic heterocycles. The molecule has 0 radical (unpaired) electrons. The van der Waals surface area contributed by atoms with Crippen LogP contribution >= 0.6 is 0 Å². The third kappa shape index (κ3) is 3.01. The van der Waals surface area contributed by atoms with Crippen LogP contribution in [0.25, 0.3) is 0 Å². The van der Waals surface area contributed by atoms with Crippen LogP contribution in [0, 0.1) is 0 Å². The van der Waals surface area contributed by atoms with Crippen molar-refractivity contribution in [3.63, 3.8) is 0 Å². The lowest BCUT2D eigenvalue weighted by Crippen LogP contribution is -2.44. The van der Waals surface area contributed by atoms with Gasteiger partial charge in [0, 0.05) is 12.0 Å². The van der Waals surface area contributed by atoms with E-state index >= 15 is 0 Å². The van der Waals surface area contributed by atoms with E-state index in [1.54, 1.807) is 0 Å². The molecule has 1 atom stereocenters. The number of para-hydroxylation sites is 1. The van der Waals surface area contributed by atoms with Crippen LogP contribution in [0.2, 0.25) is 0 Å². The van der Waals surface area contributed by atoms with Gasteiger partial charge in [0.05, 0.1) is 6.10 Å². The summed E-state index contributed by atoms with van der Waals surface area (Å²) in [6.07, 6.45) is 0.831. The average Bonchev–Trinajstić information content (AvgIpc) is 2.63. The van der Waals surface area contributed by atoms with Crippen LogP contribution in [0.15, 0.2) is 84.9 Å². The number of rotatable bonds is 3. The van der Waals surface area contributed by atoms with E-state index in [2.05, 4.69) is 30.3 Å². The maximum absolute atomic E-state index is 6.28. The second kappa shape index (κ2) is 6.31. The van der Waals surface area contributed by atoms with Crippen LogP contribution in [0.1, 0.15) is 17.2 Å². The monoisotopic (exact) mass is 300 g/mol. The van der Waals surface area contributed by atoms with Gasteiger partial charge in [-0.1, -0.05) is 78.9 Å². The number of hydrogen-bond acceptors (Lipinski definition) is 2. The minimum Gasteiger partial charge on any atom is -0.532 e. The molecule has 4 rings (SSSR count). The first kappa shape index (κ1) is 14.1. The predicted octanol–water partition coefficient (Wildman–Crippen LogP) is 3.77. The summed E-state index contributed by atoms with van der Waals surface area (Å²) >= 11 is 0. The Hall–Kier alpha value is -2.52. The summed E-state index contributed by atoms with van der Waals surface area (Å²) < 4.78 is 12.3. The smallest absolute Gasteiger partial charge is 0.532 e. The van der Waals surface area contributed by atoms with E-state index in [4.69, 9.17) is 9.31 Å². The van der Waals surface area contributed by atoms with Crippen LogP contribution in [-0.4, -0.2) is 7.12 Å². The van der Waals surface area contributed by atoms with Crippen molar-refractivity contribution in [3.05, 3.63) is 96.1 Å². The van der Waals surface area contributed by atoms with Gasteiger partial charge in [-0.3, -0.25) is 0 Å². The molecule has 0 aliphatic carbocycles. The fraction of sp³-hybridized carbons (Fsp3) is 0.100. The van der Waals surface area contributed by atoms with Crippen molar-refractivity contribution >= 4 is 12.6 Å². The number of hydrogen-bond donors (Lipinski definition) is 0. The molecule has 0 N–H and O–H groups in total. The lowest BCUT2D eigenvalue weighted by Gasteiger charge is -2.31. The molecule has 2 nitrogen and oxygen atoms in total. The zero-order chi connectivity index (χ0) is 15.5. The molecule has 3 aromatic carbocycles. The summed E-state index contributed by atoms with van der Waals surface area (Å²) in [5.74, 6) is 0.911. The molecule has 1 aliphatic rings. The van der Waals surface area contributed by atoms with Crippen molar-refractivity contribution < 1.29 is 9.31 Å². The van der Waals surface area contributed by atoms with E-state index in [0.29, 0.717) is 0 Å². The van der Waals surface area contributed by atoms with Gasteiger partial charge in [0.2, 0.25) is 0 Å². The standard InChI is InChI=1S/C20H17BO2/c1-3-9-16(10-4-1)15-20-18-13-7-8-14-19(18)22-21(23-20)17-11-5-2-6-12-17/h1-14,20H,15H2. The Morgan fingerprint density at radius 3 is 2.17 bits per heavy atom. The lowest BCUT2D eigenvalue weighted by molar-refractivity contribution is 0.157. The summed E-state index contributed by atoms with van der Waals surface area (Å²) in [7, 11) is -0.361. The first-order valence-corrected chi connectivity index (χ1v) is 7.90. The third-order valence-electron chi connectivity index (χ3n) is 4.12. The average molecular weight is 300 g/mol. The molecule has 112 valence electrons. The van der Waals surface area contributed by atoms with Crippen molar-refractivity contribution in [1.29, 1.82) is 0 Å². The molecule has 0 saturated heterocycles. The van der Waals surface area contributed by atoms with Gasteiger partial charge >= 0.3 is 7.12 Å². The van der Waals surface area contributed by atoms with Gasteiger partial charge in [-0.25, -0.2) is 0 Å². The van der Waals surface area contributed by atoms with Gasteiger partial charge in [0.25, 0.3) is 0 Å². The van der Waals surface area contributed by atoms with Crippen molar-refractivity contribution in [2.24, 2.45) is 0 Å². The Bertz CT molecular complexity index is 774. The summed E-state index contributed by atoms with van der Waals surface area (Å²) in [6, 6.07) is 28.7. The first-order chi connectivity index (χ1) is 11.4. The number of benzene rings is 3. The number of fused-ring (bicyclic) bond motifs is 1. The highest BCUT2D eigenvalue weighted by atomic mass is 16.6. The summed E-state index contributed by atoms with van der Waals surface area (Å²) in [5, 5.41) is 0. The van der Waals surface area contributed by atoms with Crippen LogP contribution in [0.4, 0.5) is 0 Å². The Morgan fingerprint density at radius 1 is 0.739 bits per heavy atom. The van der Waals surface area contributed by atoms with E-state index in [1.807, 2.05) is 54.6 Å². The van der Waals surface area contributed by atoms with Crippen molar-refractivity contribution in [2.75, 3.05) is 0 Å². The maximum atomic E-state index is 6.28. The minimum atomic E-state index is -0.361. The van der Waals surface area contributed by atoms with Crippen LogP contribution in [0.5, 0.6) is 5.75 Å². The molecule has 23 heavy (non-hydrogen) atoms.